The zero-order chi connectivity index (χ0) is 11.1. The van der Waals surface area contributed by atoms with Gasteiger partial charge in [0.15, 0.2) is 6.29 Å². The third kappa shape index (κ3) is 4.14. The first-order valence-corrected chi connectivity index (χ1v) is 4.59. The van der Waals surface area contributed by atoms with Gasteiger partial charge in [-0.2, -0.15) is 0 Å². The van der Waals surface area contributed by atoms with Crippen molar-refractivity contribution < 1.29 is 23.4 Å². The number of hydrogen-bond donors (Lipinski definition) is 0. The van der Waals surface area contributed by atoms with Crippen molar-refractivity contribution in [3.8, 4) is 0 Å². The third-order valence-electron chi connectivity index (χ3n) is 1.72. The SMILES string of the molecule is COC(C)OCCOC(=O)c1ccco1. The molecule has 1 rings (SSSR count). The molecule has 0 bridgehead atoms. The number of carbonyl (C=O) groups excluding carboxylic acids is 1. The van der Waals surface area contributed by atoms with Crippen LogP contribution in [0.15, 0.2) is 22.8 Å². The second-order valence-electron chi connectivity index (χ2n) is 2.79. The quantitative estimate of drug-likeness (QED) is 0.407. The van der Waals surface area contributed by atoms with E-state index < -0.39 is 5.97 Å². The fourth-order valence-electron chi connectivity index (χ4n) is 0.882. The van der Waals surface area contributed by atoms with Gasteiger partial charge < -0.3 is 18.6 Å². The minimum Gasteiger partial charge on any atom is -0.457 e. The van der Waals surface area contributed by atoms with Gasteiger partial charge in [-0.25, -0.2) is 4.79 Å². The minimum absolute atomic E-state index is 0.174. The summed E-state index contributed by atoms with van der Waals surface area (Å²) in [6.07, 6.45) is 1.12. The van der Waals surface area contributed by atoms with Gasteiger partial charge in [-0.3, -0.25) is 0 Å². The van der Waals surface area contributed by atoms with E-state index in [0.29, 0.717) is 6.61 Å². The average molecular weight is 214 g/mol. The van der Waals surface area contributed by atoms with Gasteiger partial charge in [-0.1, -0.05) is 0 Å². The van der Waals surface area contributed by atoms with E-state index in [4.69, 9.17) is 18.6 Å². The number of methoxy groups -OCH3 is 1. The fraction of sp³-hybridized carbons (Fsp3) is 0.500. The summed E-state index contributed by atoms with van der Waals surface area (Å²) in [4.78, 5) is 11.2. The van der Waals surface area contributed by atoms with Crippen LogP contribution in [0.5, 0.6) is 0 Å². The molecule has 1 unspecified atom stereocenters. The molecule has 5 nitrogen and oxygen atoms in total. The lowest BCUT2D eigenvalue weighted by Crippen LogP contribution is -2.16. The molecule has 0 aliphatic heterocycles. The Hall–Kier alpha value is -1.33. The van der Waals surface area contributed by atoms with E-state index in [2.05, 4.69) is 0 Å². The van der Waals surface area contributed by atoms with Crippen LogP contribution in [0.4, 0.5) is 0 Å². The first-order chi connectivity index (χ1) is 7.24. The molecule has 0 aromatic carbocycles. The Kier molecular flexibility index (Phi) is 4.86. The highest BCUT2D eigenvalue weighted by Gasteiger charge is 2.09. The Balaban J connectivity index is 2.13. The van der Waals surface area contributed by atoms with E-state index in [0.717, 1.165) is 0 Å². The van der Waals surface area contributed by atoms with E-state index in [1.54, 1.807) is 26.2 Å². The Morgan fingerprint density at radius 3 is 2.93 bits per heavy atom. The predicted octanol–water partition coefficient (Wildman–Crippen LogP) is 1.45. The van der Waals surface area contributed by atoms with Crippen molar-refractivity contribution in [1.29, 1.82) is 0 Å². The molecule has 0 fully saturated rings. The van der Waals surface area contributed by atoms with Crippen LogP contribution < -0.4 is 0 Å². The topological polar surface area (TPSA) is 57.9 Å². The third-order valence-corrected chi connectivity index (χ3v) is 1.72. The number of esters is 1. The van der Waals surface area contributed by atoms with Crippen LogP contribution in [0.1, 0.15) is 17.5 Å². The molecule has 1 heterocycles. The summed E-state index contributed by atoms with van der Waals surface area (Å²) >= 11 is 0. The van der Waals surface area contributed by atoms with Crippen LogP contribution in [-0.4, -0.2) is 32.6 Å². The average Bonchev–Trinajstić information content (AvgIpc) is 2.77. The summed E-state index contributed by atoms with van der Waals surface area (Å²) in [5.41, 5.74) is 0. The summed E-state index contributed by atoms with van der Waals surface area (Å²) in [5.74, 6) is -0.302. The number of ether oxygens (including phenoxy) is 3. The zero-order valence-electron chi connectivity index (χ0n) is 8.76. The van der Waals surface area contributed by atoms with Crippen LogP contribution in [0.2, 0.25) is 0 Å². The standard InChI is InChI=1S/C10H14O5/c1-8(12-2)13-6-7-15-10(11)9-4-3-5-14-9/h3-5,8H,6-7H2,1-2H3. The van der Waals surface area contributed by atoms with Gasteiger partial charge in [-0.15, -0.1) is 0 Å². The second kappa shape index (κ2) is 6.21. The summed E-state index contributed by atoms with van der Waals surface area (Å²) in [6, 6.07) is 3.17. The highest BCUT2D eigenvalue weighted by atomic mass is 16.7. The molecule has 5 heteroatoms. The molecule has 0 aliphatic rings. The highest BCUT2D eigenvalue weighted by molar-refractivity contribution is 5.86. The van der Waals surface area contributed by atoms with Crippen molar-refractivity contribution >= 4 is 5.97 Å². The Bertz CT molecular complexity index is 280. The Morgan fingerprint density at radius 1 is 1.53 bits per heavy atom. The maximum atomic E-state index is 11.2. The molecule has 15 heavy (non-hydrogen) atoms. The van der Waals surface area contributed by atoms with Crippen molar-refractivity contribution in [1.82, 2.24) is 0 Å². The van der Waals surface area contributed by atoms with Crippen molar-refractivity contribution in [2.45, 2.75) is 13.2 Å². The summed E-state index contributed by atoms with van der Waals surface area (Å²) in [7, 11) is 1.54. The zero-order valence-corrected chi connectivity index (χ0v) is 8.76. The molecule has 0 amide bonds. The van der Waals surface area contributed by atoms with Crippen LogP contribution in [-0.2, 0) is 14.2 Å². The Morgan fingerprint density at radius 2 is 2.33 bits per heavy atom. The summed E-state index contributed by atoms with van der Waals surface area (Å²) < 4.78 is 19.7. The minimum atomic E-state index is -0.492. The number of hydrogen-bond acceptors (Lipinski definition) is 5. The predicted molar refractivity (Wildman–Crippen MR) is 51.4 cm³/mol. The molecular weight excluding hydrogens is 200 g/mol. The first-order valence-electron chi connectivity index (χ1n) is 4.59. The van der Waals surface area contributed by atoms with Crippen molar-refractivity contribution in [2.24, 2.45) is 0 Å². The van der Waals surface area contributed by atoms with Gasteiger partial charge >= 0.3 is 5.97 Å². The van der Waals surface area contributed by atoms with Crippen LogP contribution in [0.25, 0.3) is 0 Å². The molecule has 0 N–H and O–H groups in total. The molecule has 1 aromatic heterocycles. The van der Waals surface area contributed by atoms with Crippen molar-refractivity contribution in [3.05, 3.63) is 24.2 Å². The van der Waals surface area contributed by atoms with E-state index in [1.165, 1.54) is 6.26 Å². The van der Waals surface area contributed by atoms with Gasteiger partial charge in [0, 0.05) is 7.11 Å². The second-order valence-corrected chi connectivity index (χ2v) is 2.79. The molecule has 0 saturated carbocycles. The van der Waals surface area contributed by atoms with Gasteiger partial charge in [0.1, 0.15) is 6.61 Å². The monoisotopic (exact) mass is 214 g/mol. The van der Waals surface area contributed by atoms with E-state index in [9.17, 15) is 4.79 Å². The van der Waals surface area contributed by atoms with Crippen LogP contribution in [0.3, 0.4) is 0 Å². The molecule has 0 radical (unpaired) electrons. The Labute approximate surface area is 87.9 Å². The maximum absolute atomic E-state index is 11.2. The van der Waals surface area contributed by atoms with Crippen molar-refractivity contribution in [3.63, 3.8) is 0 Å². The van der Waals surface area contributed by atoms with Gasteiger partial charge in [0.25, 0.3) is 0 Å². The molecule has 0 aliphatic carbocycles. The lowest BCUT2D eigenvalue weighted by atomic mass is 10.5. The lowest BCUT2D eigenvalue weighted by molar-refractivity contribution is -0.118. The van der Waals surface area contributed by atoms with Gasteiger partial charge in [0.2, 0.25) is 5.76 Å². The molecule has 1 atom stereocenters. The van der Waals surface area contributed by atoms with Gasteiger partial charge in [0.05, 0.1) is 12.9 Å². The summed E-state index contributed by atoms with van der Waals surface area (Å²) in [5, 5.41) is 0. The van der Waals surface area contributed by atoms with Crippen LogP contribution in [0, 0.1) is 0 Å². The first kappa shape index (κ1) is 11.7. The fourth-order valence-corrected chi connectivity index (χ4v) is 0.882. The largest absolute Gasteiger partial charge is 0.457 e. The molecule has 84 valence electrons. The van der Waals surface area contributed by atoms with Crippen molar-refractivity contribution in [2.75, 3.05) is 20.3 Å². The molecule has 1 aromatic rings. The molecule has 0 spiro atoms. The number of furan rings is 1. The maximum Gasteiger partial charge on any atom is 0.374 e. The van der Waals surface area contributed by atoms with E-state index in [1.807, 2.05) is 0 Å². The molecular formula is C10H14O5. The molecule has 0 saturated heterocycles. The normalized spacial score (nSPS) is 12.4. The van der Waals surface area contributed by atoms with Crippen LogP contribution >= 0.6 is 0 Å². The number of carbonyl (C=O) groups is 1. The smallest absolute Gasteiger partial charge is 0.374 e. The van der Waals surface area contributed by atoms with E-state index in [-0.39, 0.29) is 18.7 Å². The lowest BCUT2D eigenvalue weighted by Gasteiger charge is -2.10. The van der Waals surface area contributed by atoms with Gasteiger partial charge in [-0.05, 0) is 19.1 Å². The van der Waals surface area contributed by atoms with E-state index >= 15 is 0 Å². The number of rotatable bonds is 6. The summed E-state index contributed by atoms with van der Waals surface area (Å²) in [6.45, 7) is 2.23. The highest BCUT2D eigenvalue weighted by Crippen LogP contribution is 2.02.